The molecule has 2 aliphatic rings. The summed E-state index contributed by atoms with van der Waals surface area (Å²) in [5, 5.41) is 22.9. The maximum Gasteiger partial charge on any atom is 0.277 e. The number of nitrogens with zero attached hydrogens (tertiary/aromatic N) is 6. The number of nitrogens with two attached hydrogens (primary N) is 1. The van der Waals surface area contributed by atoms with Gasteiger partial charge in [0.05, 0.1) is 35.8 Å². The summed E-state index contributed by atoms with van der Waals surface area (Å²) >= 11 is 0. The Morgan fingerprint density at radius 3 is 2.67 bits per heavy atom. The highest BCUT2D eigenvalue weighted by Gasteiger charge is 2.46. The first-order chi connectivity index (χ1) is 16.0. The van der Waals surface area contributed by atoms with Gasteiger partial charge in [-0.05, 0) is 43.5 Å². The van der Waals surface area contributed by atoms with Gasteiger partial charge in [-0.2, -0.15) is 5.10 Å². The van der Waals surface area contributed by atoms with Crippen LogP contribution in [0.3, 0.4) is 0 Å². The normalized spacial score (nSPS) is 17.8. The molecule has 1 aliphatic carbocycles. The molecule has 1 atom stereocenters. The van der Waals surface area contributed by atoms with E-state index in [4.69, 9.17) is 15.6 Å². The molecular formula is C23H23N7O3. The largest absolute Gasteiger partial charge is 0.508 e. The Labute approximate surface area is 189 Å². The lowest BCUT2D eigenvalue weighted by Gasteiger charge is -2.27. The van der Waals surface area contributed by atoms with Gasteiger partial charge >= 0.3 is 0 Å². The topological polar surface area (TPSA) is 124 Å². The van der Waals surface area contributed by atoms with E-state index in [2.05, 4.69) is 10.2 Å². The summed E-state index contributed by atoms with van der Waals surface area (Å²) in [5.74, 6) is 0.689. The average Bonchev–Trinajstić information content (AvgIpc) is 3.38. The minimum Gasteiger partial charge on any atom is -0.508 e. The summed E-state index contributed by atoms with van der Waals surface area (Å²) in [6, 6.07) is 8.43. The van der Waals surface area contributed by atoms with E-state index in [0.29, 0.717) is 35.1 Å². The maximum atomic E-state index is 14.0. The number of aromatic nitrogens is 5. The van der Waals surface area contributed by atoms with Gasteiger partial charge in [-0.15, -0.1) is 10.2 Å². The molecule has 0 bridgehead atoms. The summed E-state index contributed by atoms with van der Waals surface area (Å²) in [7, 11) is 1.62. The molecule has 3 aromatic heterocycles. The third-order valence-electron chi connectivity index (χ3n) is 6.33. The van der Waals surface area contributed by atoms with Crippen LogP contribution in [0.4, 0.5) is 11.4 Å². The molecule has 168 valence electrons. The van der Waals surface area contributed by atoms with Crippen LogP contribution in [0, 0.1) is 6.92 Å². The average molecular weight is 445 g/mol. The highest BCUT2D eigenvalue weighted by molar-refractivity contribution is 6.11. The number of rotatable bonds is 5. The van der Waals surface area contributed by atoms with Gasteiger partial charge in [-0.3, -0.25) is 18.8 Å². The number of fused-ring (bicyclic) bond motifs is 2. The van der Waals surface area contributed by atoms with E-state index < -0.39 is 6.04 Å². The van der Waals surface area contributed by atoms with Crippen molar-refractivity contribution in [1.82, 2.24) is 24.4 Å². The Morgan fingerprint density at radius 2 is 1.97 bits per heavy atom. The van der Waals surface area contributed by atoms with Crippen molar-refractivity contribution in [3.8, 4) is 5.75 Å². The third-order valence-corrected chi connectivity index (χ3v) is 6.33. The van der Waals surface area contributed by atoms with Crippen LogP contribution < -0.4 is 10.6 Å². The summed E-state index contributed by atoms with van der Waals surface area (Å²) in [5.41, 5.74) is 10.9. The van der Waals surface area contributed by atoms with Crippen molar-refractivity contribution in [1.29, 1.82) is 0 Å². The zero-order valence-electron chi connectivity index (χ0n) is 18.3. The van der Waals surface area contributed by atoms with E-state index in [1.54, 1.807) is 34.6 Å². The number of phenols is 1. The SMILES string of the molecule is COCc1nn(C2CC2)c2c1[C@H](c1ccc(O)cc1)N(c1cc(N)c3nnc(C)n3c1)C2=O. The van der Waals surface area contributed by atoms with Gasteiger partial charge < -0.3 is 15.6 Å². The Kier molecular flexibility index (Phi) is 4.21. The number of pyridine rings is 1. The van der Waals surface area contributed by atoms with E-state index in [1.807, 2.05) is 29.9 Å². The minimum atomic E-state index is -0.445. The van der Waals surface area contributed by atoms with Crippen molar-refractivity contribution in [2.75, 3.05) is 17.7 Å². The van der Waals surface area contributed by atoms with Crippen molar-refractivity contribution in [3.63, 3.8) is 0 Å². The number of aromatic hydroxyl groups is 1. The molecule has 10 heteroatoms. The molecule has 6 rings (SSSR count). The Morgan fingerprint density at radius 1 is 1.21 bits per heavy atom. The van der Waals surface area contributed by atoms with Gasteiger partial charge in [0.25, 0.3) is 5.91 Å². The molecule has 0 radical (unpaired) electrons. The quantitative estimate of drug-likeness (QED) is 0.484. The predicted octanol–water partition coefficient (Wildman–Crippen LogP) is 2.75. The van der Waals surface area contributed by atoms with Gasteiger partial charge in [-0.25, -0.2) is 0 Å². The monoisotopic (exact) mass is 445 g/mol. The fraction of sp³-hybridized carbons (Fsp3) is 0.304. The first kappa shape index (κ1) is 19.7. The lowest BCUT2D eigenvalue weighted by molar-refractivity contribution is 0.0983. The molecule has 33 heavy (non-hydrogen) atoms. The third kappa shape index (κ3) is 2.91. The van der Waals surface area contributed by atoms with Crippen LogP contribution in [0.2, 0.25) is 0 Å². The van der Waals surface area contributed by atoms with E-state index >= 15 is 0 Å². The van der Waals surface area contributed by atoms with Crippen molar-refractivity contribution in [2.24, 2.45) is 0 Å². The van der Waals surface area contributed by atoms with Gasteiger partial charge in [-0.1, -0.05) is 12.1 Å². The molecule has 1 aromatic carbocycles. The van der Waals surface area contributed by atoms with Crippen LogP contribution >= 0.6 is 0 Å². The summed E-state index contributed by atoms with van der Waals surface area (Å²) in [6.45, 7) is 2.13. The molecule has 3 N–H and O–H groups in total. The van der Waals surface area contributed by atoms with Crippen LogP contribution in [-0.2, 0) is 11.3 Å². The van der Waals surface area contributed by atoms with E-state index in [-0.39, 0.29) is 17.7 Å². The van der Waals surface area contributed by atoms with Gasteiger partial charge in [0, 0.05) is 18.9 Å². The van der Waals surface area contributed by atoms with Crippen LogP contribution in [-0.4, -0.2) is 42.5 Å². The second kappa shape index (κ2) is 7.04. The molecule has 1 fully saturated rings. The van der Waals surface area contributed by atoms with Crippen molar-refractivity contribution in [2.45, 2.75) is 38.5 Å². The first-order valence-electron chi connectivity index (χ1n) is 10.8. The number of phenolic OH excluding ortho intramolecular Hbond substituents is 1. The molecular weight excluding hydrogens is 422 g/mol. The number of hydrogen-bond acceptors (Lipinski definition) is 7. The number of carbonyl (C=O) groups excluding carboxylic acids is 1. The molecule has 1 aliphatic heterocycles. The lowest BCUT2D eigenvalue weighted by Crippen LogP contribution is -2.30. The van der Waals surface area contributed by atoms with Crippen LogP contribution in [0.15, 0.2) is 36.5 Å². The lowest BCUT2D eigenvalue weighted by atomic mass is 9.98. The van der Waals surface area contributed by atoms with Crippen LogP contribution in [0.5, 0.6) is 5.75 Å². The van der Waals surface area contributed by atoms with E-state index in [9.17, 15) is 9.90 Å². The number of benzene rings is 1. The number of nitrogen functional groups attached to an aromatic ring is 1. The van der Waals surface area contributed by atoms with Crippen LogP contribution in [0.25, 0.3) is 5.65 Å². The zero-order valence-corrected chi connectivity index (χ0v) is 18.3. The molecule has 4 heterocycles. The van der Waals surface area contributed by atoms with Crippen molar-refractivity contribution >= 4 is 22.9 Å². The number of anilines is 2. The zero-order chi connectivity index (χ0) is 22.9. The second-order valence-electron chi connectivity index (χ2n) is 8.58. The Balaban J connectivity index is 1.60. The Bertz CT molecular complexity index is 1400. The molecule has 4 aromatic rings. The summed E-state index contributed by atoms with van der Waals surface area (Å²) in [4.78, 5) is 15.7. The van der Waals surface area contributed by atoms with Crippen LogP contribution in [0.1, 0.15) is 58.1 Å². The minimum absolute atomic E-state index is 0.144. The molecule has 0 spiro atoms. The van der Waals surface area contributed by atoms with Gasteiger partial charge in [0.2, 0.25) is 0 Å². The number of methoxy groups -OCH3 is 1. The van der Waals surface area contributed by atoms with Gasteiger partial charge in [0.15, 0.2) is 5.65 Å². The number of carbonyl (C=O) groups is 1. The number of hydrogen-bond donors (Lipinski definition) is 2. The molecule has 1 saturated carbocycles. The van der Waals surface area contributed by atoms with Crippen molar-refractivity contribution < 1.29 is 14.6 Å². The fourth-order valence-electron chi connectivity index (χ4n) is 4.67. The Hall–Kier alpha value is -3.92. The summed E-state index contributed by atoms with van der Waals surface area (Å²) in [6.07, 6.45) is 3.83. The summed E-state index contributed by atoms with van der Waals surface area (Å²) < 4.78 is 9.10. The smallest absolute Gasteiger partial charge is 0.277 e. The number of ether oxygens (including phenoxy) is 1. The van der Waals surface area contributed by atoms with E-state index in [1.165, 1.54) is 0 Å². The highest BCUT2D eigenvalue weighted by Crippen LogP contribution is 2.47. The first-order valence-corrected chi connectivity index (χ1v) is 10.8. The fourth-order valence-corrected chi connectivity index (χ4v) is 4.67. The van der Waals surface area contributed by atoms with Gasteiger partial charge in [0.1, 0.15) is 17.3 Å². The van der Waals surface area contributed by atoms with Crippen molar-refractivity contribution in [3.05, 3.63) is 64.9 Å². The maximum absolute atomic E-state index is 14.0. The molecule has 0 unspecified atom stereocenters. The molecule has 1 amide bonds. The number of aryl methyl sites for hydroxylation is 1. The standard InChI is InChI=1S/C23H23N7O3/c1-12-25-26-22-17(24)9-15(10-28(12)22)29-20(13-3-7-16(31)8-4-13)19-18(11-33-2)27-30(14-5-6-14)21(19)23(29)32/h3-4,7-10,14,20,31H,5-6,11,24H2,1-2H3/t20-/m0/s1. The number of amides is 1. The highest BCUT2D eigenvalue weighted by atomic mass is 16.5. The van der Waals surface area contributed by atoms with E-state index in [0.717, 1.165) is 29.7 Å². The predicted molar refractivity (Wildman–Crippen MR) is 120 cm³/mol. The second-order valence-corrected chi connectivity index (χ2v) is 8.58. The molecule has 10 nitrogen and oxygen atoms in total. The molecule has 0 saturated heterocycles.